The van der Waals surface area contributed by atoms with Gasteiger partial charge < -0.3 is 15.5 Å². The van der Waals surface area contributed by atoms with E-state index in [0.29, 0.717) is 5.13 Å². The molecule has 0 bridgehead atoms. The van der Waals surface area contributed by atoms with Gasteiger partial charge in [0.25, 0.3) is 0 Å². The van der Waals surface area contributed by atoms with Crippen LogP contribution in [0.3, 0.4) is 0 Å². The van der Waals surface area contributed by atoms with E-state index < -0.39 is 6.03 Å². The summed E-state index contributed by atoms with van der Waals surface area (Å²) in [5, 5.41) is 5.76. The van der Waals surface area contributed by atoms with Crippen molar-refractivity contribution in [1.29, 1.82) is 0 Å². The van der Waals surface area contributed by atoms with Crippen molar-refractivity contribution < 1.29 is 4.79 Å². The Hall–Kier alpha value is -2.32. The summed E-state index contributed by atoms with van der Waals surface area (Å²) in [5.41, 5.74) is 7.47. The molecule has 2 amide bonds. The fourth-order valence-corrected chi connectivity index (χ4v) is 3.45. The number of carbonyl (C=O) groups excluding carboxylic acids is 1. The number of piperazine rings is 1. The molecule has 0 saturated carbocycles. The summed E-state index contributed by atoms with van der Waals surface area (Å²) in [4.78, 5) is 21.0. The minimum Gasteiger partial charge on any atom is -0.367 e. The number of anilines is 3. The van der Waals surface area contributed by atoms with Crippen LogP contribution in [0.25, 0.3) is 0 Å². The molecule has 24 heavy (non-hydrogen) atoms. The molecular formula is C16H22N6OS. The zero-order valence-corrected chi connectivity index (χ0v) is 14.7. The van der Waals surface area contributed by atoms with Gasteiger partial charge in [0, 0.05) is 44.8 Å². The number of para-hydroxylation sites is 2. The Kier molecular flexibility index (Phi) is 4.86. The highest BCUT2D eigenvalue weighted by Crippen LogP contribution is 2.32. The minimum atomic E-state index is -0.533. The fraction of sp³-hybridized carbons (Fsp3) is 0.375. The normalized spacial score (nSPS) is 15.3. The van der Waals surface area contributed by atoms with Crippen LogP contribution >= 0.6 is 11.3 Å². The first-order chi connectivity index (χ1) is 11.6. The van der Waals surface area contributed by atoms with Crippen LogP contribution in [0.15, 0.2) is 35.8 Å². The molecule has 3 rings (SSSR count). The van der Waals surface area contributed by atoms with Gasteiger partial charge in [-0.25, -0.2) is 9.78 Å². The monoisotopic (exact) mass is 346 g/mol. The van der Waals surface area contributed by atoms with Gasteiger partial charge in [-0.2, -0.15) is 5.01 Å². The molecule has 0 atom stereocenters. The molecule has 0 radical (unpaired) electrons. The van der Waals surface area contributed by atoms with Gasteiger partial charge in [-0.1, -0.05) is 12.1 Å². The first-order valence-electron chi connectivity index (χ1n) is 7.83. The third kappa shape index (κ3) is 3.29. The average Bonchev–Trinajstić information content (AvgIpc) is 3.10. The summed E-state index contributed by atoms with van der Waals surface area (Å²) in [6, 6.07) is 7.32. The van der Waals surface area contributed by atoms with Crippen molar-refractivity contribution >= 4 is 33.9 Å². The van der Waals surface area contributed by atoms with Crippen molar-refractivity contribution in [3.05, 3.63) is 35.8 Å². The molecule has 2 N–H and O–H groups in total. The number of hydrogen-bond acceptors (Lipinski definition) is 6. The third-order valence-corrected chi connectivity index (χ3v) is 5.00. The number of likely N-dealkylation sites (N-methyl/N-ethyl adjacent to an activating group) is 1. The Morgan fingerprint density at radius 3 is 2.58 bits per heavy atom. The van der Waals surface area contributed by atoms with E-state index in [1.807, 2.05) is 29.6 Å². The number of benzene rings is 1. The van der Waals surface area contributed by atoms with Gasteiger partial charge in [0.15, 0.2) is 0 Å². The van der Waals surface area contributed by atoms with Crippen molar-refractivity contribution in [3.8, 4) is 0 Å². The molecular weight excluding hydrogens is 324 g/mol. The molecule has 0 aliphatic carbocycles. The number of urea groups is 1. The molecule has 0 spiro atoms. The van der Waals surface area contributed by atoms with Crippen molar-refractivity contribution in [2.24, 2.45) is 5.73 Å². The number of carbonyl (C=O) groups is 1. The van der Waals surface area contributed by atoms with Crippen LogP contribution in [0.2, 0.25) is 0 Å². The van der Waals surface area contributed by atoms with Gasteiger partial charge in [-0.15, -0.1) is 11.3 Å². The van der Waals surface area contributed by atoms with Gasteiger partial charge in [0.05, 0.1) is 11.4 Å². The highest BCUT2D eigenvalue weighted by atomic mass is 32.1. The summed E-state index contributed by atoms with van der Waals surface area (Å²) in [6.45, 7) is 3.82. The maximum atomic E-state index is 12.2. The molecule has 0 unspecified atom stereocenters. The smallest absolute Gasteiger partial charge is 0.338 e. The standard InChI is InChI=1S/C16H22N6OS/c1-19-8-10-21(11-9-19)13-5-3-4-6-14(13)22(15(17)23)20(2)16-18-7-12-24-16/h3-7,12H,8-11H2,1-2H3,(H2,17,23). The molecule has 1 aromatic carbocycles. The Morgan fingerprint density at radius 2 is 1.96 bits per heavy atom. The van der Waals surface area contributed by atoms with E-state index in [1.165, 1.54) is 16.3 Å². The van der Waals surface area contributed by atoms with Crippen LogP contribution in [-0.2, 0) is 0 Å². The summed E-state index contributed by atoms with van der Waals surface area (Å²) < 4.78 is 0. The van der Waals surface area contributed by atoms with Gasteiger partial charge in [-0.3, -0.25) is 5.01 Å². The summed E-state index contributed by atoms with van der Waals surface area (Å²) in [6.07, 6.45) is 1.71. The number of nitrogens with zero attached hydrogens (tertiary/aromatic N) is 5. The van der Waals surface area contributed by atoms with E-state index >= 15 is 0 Å². The number of hydrazine groups is 1. The SMILES string of the molecule is CN1CCN(c2ccccc2N(C(N)=O)N(C)c2nccs2)CC1. The van der Waals surface area contributed by atoms with Gasteiger partial charge >= 0.3 is 6.03 Å². The van der Waals surface area contributed by atoms with Gasteiger partial charge in [0.1, 0.15) is 0 Å². The predicted octanol–water partition coefficient (Wildman–Crippen LogP) is 1.83. The zero-order chi connectivity index (χ0) is 17.1. The maximum absolute atomic E-state index is 12.2. The summed E-state index contributed by atoms with van der Waals surface area (Å²) in [7, 11) is 3.92. The Morgan fingerprint density at radius 1 is 1.25 bits per heavy atom. The lowest BCUT2D eigenvalue weighted by Gasteiger charge is -2.38. The highest BCUT2D eigenvalue weighted by molar-refractivity contribution is 7.13. The van der Waals surface area contributed by atoms with Crippen LogP contribution < -0.4 is 20.7 Å². The van der Waals surface area contributed by atoms with Gasteiger partial charge in [-0.05, 0) is 19.2 Å². The molecule has 7 nitrogen and oxygen atoms in total. The molecule has 1 aromatic heterocycles. The minimum absolute atomic E-state index is 0.533. The van der Waals surface area contributed by atoms with E-state index in [-0.39, 0.29) is 0 Å². The van der Waals surface area contributed by atoms with Gasteiger partial charge in [0.2, 0.25) is 5.13 Å². The number of thiazole rings is 1. The Labute approximate surface area is 145 Å². The van der Waals surface area contributed by atoms with E-state index in [2.05, 4.69) is 21.8 Å². The first-order valence-corrected chi connectivity index (χ1v) is 8.71. The number of primary amides is 1. The highest BCUT2D eigenvalue weighted by Gasteiger charge is 2.25. The topological polar surface area (TPSA) is 68.9 Å². The largest absolute Gasteiger partial charge is 0.367 e. The van der Waals surface area contributed by atoms with Crippen LogP contribution in [0.1, 0.15) is 0 Å². The zero-order valence-electron chi connectivity index (χ0n) is 13.9. The third-order valence-electron chi connectivity index (χ3n) is 4.16. The van der Waals surface area contributed by atoms with E-state index in [0.717, 1.165) is 37.6 Å². The second-order valence-electron chi connectivity index (χ2n) is 5.77. The maximum Gasteiger partial charge on any atom is 0.338 e. The van der Waals surface area contributed by atoms with Crippen LogP contribution in [0.5, 0.6) is 0 Å². The van der Waals surface area contributed by atoms with E-state index in [9.17, 15) is 4.79 Å². The molecule has 2 aromatic rings. The van der Waals surface area contributed by atoms with Crippen LogP contribution in [0, 0.1) is 0 Å². The number of hydrogen-bond donors (Lipinski definition) is 1. The summed E-state index contributed by atoms with van der Waals surface area (Å²) >= 11 is 1.46. The number of rotatable bonds is 4. The fourth-order valence-electron chi connectivity index (χ4n) is 2.85. The van der Waals surface area contributed by atoms with Crippen molar-refractivity contribution in [2.75, 3.05) is 55.2 Å². The summed E-state index contributed by atoms with van der Waals surface area (Å²) in [5.74, 6) is 0. The first kappa shape index (κ1) is 16.5. The molecule has 128 valence electrons. The lowest BCUT2D eigenvalue weighted by Crippen LogP contribution is -2.49. The Balaban J connectivity index is 1.95. The number of aromatic nitrogens is 1. The Bertz CT molecular complexity index is 684. The van der Waals surface area contributed by atoms with Crippen molar-refractivity contribution in [2.45, 2.75) is 0 Å². The lowest BCUT2D eigenvalue weighted by molar-refractivity contribution is 0.253. The van der Waals surface area contributed by atoms with E-state index in [1.54, 1.807) is 18.3 Å². The molecule has 2 heterocycles. The number of amides is 2. The lowest BCUT2D eigenvalue weighted by atomic mass is 10.2. The second kappa shape index (κ2) is 7.06. The molecule has 1 aliphatic rings. The second-order valence-corrected chi connectivity index (χ2v) is 6.64. The van der Waals surface area contributed by atoms with Crippen LogP contribution in [0.4, 0.5) is 21.3 Å². The van der Waals surface area contributed by atoms with Crippen molar-refractivity contribution in [1.82, 2.24) is 9.88 Å². The molecule has 1 aliphatic heterocycles. The van der Waals surface area contributed by atoms with Crippen LogP contribution in [-0.4, -0.2) is 56.2 Å². The van der Waals surface area contributed by atoms with Crippen molar-refractivity contribution in [3.63, 3.8) is 0 Å². The molecule has 8 heteroatoms. The molecule has 1 saturated heterocycles. The number of nitrogens with two attached hydrogens (primary N) is 1. The molecule has 1 fully saturated rings. The van der Waals surface area contributed by atoms with E-state index in [4.69, 9.17) is 5.73 Å². The predicted molar refractivity (Wildman–Crippen MR) is 98.7 cm³/mol. The quantitative estimate of drug-likeness (QED) is 0.856. The average molecular weight is 346 g/mol.